The molecular formula is C13H17N. The Hall–Kier alpha value is -1.08. The Morgan fingerprint density at radius 1 is 1.29 bits per heavy atom. The van der Waals surface area contributed by atoms with Crippen LogP contribution in [0.4, 0.5) is 0 Å². The lowest BCUT2D eigenvalue weighted by Crippen LogP contribution is -2.23. The molecule has 1 aliphatic rings. The van der Waals surface area contributed by atoms with Crippen molar-refractivity contribution in [2.45, 2.75) is 19.8 Å². The minimum atomic E-state index is 1.06. The zero-order valence-corrected chi connectivity index (χ0v) is 8.72. The second kappa shape index (κ2) is 4.43. The van der Waals surface area contributed by atoms with Crippen LogP contribution in [0.3, 0.4) is 0 Å². The van der Waals surface area contributed by atoms with Gasteiger partial charge in [-0.25, -0.2) is 0 Å². The summed E-state index contributed by atoms with van der Waals surface area (Å²) in [7, 11) is 0. The summed E-state index contributed by atoms with van der Waals surface area (Å²) in [5, 5.41) is 3.41. The van der Waals surface area contributed by atoms with Crippen LogP contribution >= 0.6 is 0 Å². The maximum Gasteiger partial charge on any atom is 0.0167 e. The Labute approximate surface area is 85.8 Å². The van der Waals surface area contributed by atoms with E-state index in [0.29, 0.717) is 0 Å². The molecule has 0 aromatic heterocycles. The topological polar surface area (TPSA) is 12.0 Å². The van der Waals surface area contributed by atoms with Gasteiger partial charge in [0, 0.05) is 6.54 Å². The summed E-state index contributed by atoms with van der Waals surface area (Å²) in [4.78, 5) is 0. The van der Waals surface area contributed by atoms with Crippen molar-refractivity contribution >= 4 is 6.08 Å². The van der Waals surface area contributed by atoms with Crippen LogP contribution in [0.5, 0.6) is 0 Å². The highest BCUT2D eigenvalue weighted by Crippen LogP contribution is 2.16. The number of piperidine rings is 1. The number of hydrogen-bond acceptors (Lipinski definition) is 1. The molecule has 1 heterocycles. The largest absolute Gasteiger partial charge is 0.313 e. The highest BCUT2D eigenvalue weighted by atomic mass is 14.9. The quantitative estimate of drug-likeness (QED) is 0.713. The third-order valence-electron chi connectivity index (χ3n) is 2.75. The van der Waals surface area contributed by atoms with Gasteiger partial charge in [0.05, 0.1) is 0 Å². The zero-order valence-electron chi connectivity index (χ0n) is 8.72. The number of nitrogens with one attached hydrogen (secondary N) is 1. The van der Waals surface area contributed by atoms with E-state index in [4.69, 9.17) is 0 Å². The first-order chi connectivity index (χ1) is 6.86. The second-order valence-corrected chi connectivity index (χ2v) is 3.94. The third kappa shape index (κ3) is 2.24. The lowest BCUT2D eigenvalue weighted by Gasteiger charge is -2.15. The molecule has 1 N–H and O–H groups in total. The normalized spacial score (nSPS) is 19.9. The number of rotatable bonds is 1. The predicted octanol–water partition coefficient (Wildman–Crippen LogP) is 2.76. The molecule has 14 heavy (non-hydrogen) atoms. The zero-order chi connectivity index (χ0) is 9.80. The van der Waals surface area contributed by atoms with Gasteiger partial charge in [-0.3, -0.25) is 0 Å². The van der Waals surface area contributed by atoms with Crippen molar-refractivity contribution in [3.63, 3.8) is 0 Å². The van der Waals surface area contributed by atoms with Crippen molar-refractivity contribution in [1.82, 2.24) is 5.32 Å². The number of benzene rings is 1. The Balaban J connectivity index is 2.19. The van der Waals surface area contributed by atoms with E-state index in [-0.39, 0.29) is 0 Å². The second-order valence-electron chi connectivity index (χ2n) is 3.94. The average molecular weight is 187 g/mol. The average Bonchev–Trinajstić information content (AvgIpc) is 2.23. The van der Waals surface area contributed by atoms with E-state index >= 15 is 0 Å². The van der Waals surface area contributed by atoms with E-state index in [9.17, 15) is 0 Å². The molecule has 0 atom stereocenters. The Kier molecular flexibility index (Phi) is 3.00. The van der Waals surface area contributed by atoms with E-state index in [0.717, 1.165) is 6.54 Å². The summed E-state index contributed by atoms with van der Waals surface area (Å²) in [6.45, 7) is 4.40. The van der Waals surface area contributed by atoms with Gasteiger partial charge in [-0.1, -0.05) is 35.9 Å². The molecule has 1 fully saturated rings. The molecule has 1 heteroatoms. The maximum absolute atomic E-state index is 3.41. The summed E-state index contributed by atoms with van der Waals surface area (Å²) >= 11 is 0. The molecular weight excluding hydrogens is 170 g/mol. The van der Waals surface area contributed by atoms with Gasteiger partial charge in [-0.05, 0) is 37.4 Å². The van der Waals surface area contributed by atoms with Crippen LogP contribution in [0, 0.1) is 6.92 Å². The number of aryl methyl sites for hydroxylation is 1. The first-order valence-corrected chi connectivity index (χ1v) is 5.32. The fourth-order valence-corrected chi connectivity index (χ4v) is 1.87. The van der Waals surface area contributed by atoms with Gasteiger partial charge in [0.15, 0.2) is 0 Å². The van der Waals surface area contributed by atoms with Crippen molar-refractivity contribution in [3.05, 3.63) is 41.0 Å². The molecule has 0 bridgehead atoms. The Bertz CT molecular complexity index is 331. The molecule has 1 saturated heterocycles. The van der Waals surface area contributed by atoms with Crippen LogP contribution < -0.4 is 5.32 Å². The molecule has 1 nitrogen and oxygen atoms in total. The summed E-state index contributed by atoms with van der Waals surface area (Å²) in [5.41, 5.74) is 4.27. The van der Waals surface area contributed by atoms with Crippen molar-refractivity contribution in [3.8, 4) is 0 Å². The standard InChI is InChI=1S/C13H17N/c1-11-5-2-3-7-13(11)9-12-6-4-8-14-10-12/h2-3,5,7,9,14H,4,6,8,10H2,1H3. The summed E-state index contributed by atoms with van der Waals surface area (Å²) in [6.07, 6.45) is 4.86. The maximum atomic E-state index is 3.41. The van der Waals surface area contributed by atoms with Gasteiger partial charge in [-0.2, -0.15) is 0 Å². The summed E-state index contributed by atoms with van der Waals surface area (Å²) < 4.78 is 0. The molecule has 1 aliphatic heterocycles. The molecule has 0 spiro atoms. The molecule has 0 unspecified atom stereocenters. The van der Waals surface area contributed by atoms with E-state index in [1.165, 1.54) is 36.1 Å². The van der Waals surface area contributed by atoms with Crippen molar-refractivity contribution in [2.24, 2.45) is 0 Å². The monoisotopic (exact) mass is 187 g/mol. The fourth-order valence-electron chi connectivity index (χ4n) is 1.87. The van der Waals surface area contributed by atoms with Crippen LogP contribution in [0.2, 0.25) is 0 Å². The molecule has 1 aromatic carbocycles. The van der Waals surface area contributed by atoms with E-state index in [1.807, 2.05) is 0 Å². The van der Waals surface area contributed by atoms with Crippen molar-refractivity contribution < 1.29 is 0 Å². The number of hydrogen-bond donors (Lipinski definition) is 1. The van der Waals surface area contributed by atoms with Gasteiger partial charge >= 0.3 is 0 Å². The van der Waals surface area contributed by atoms with Crippen LogP contribution in [0.1, 0.15) is 24.0 Å². The molecule has 0 aliphatic carbocycles. The summed E-state index contributed by atoms with van der Waals surface area (Å²) in [5.74, 6) is 0. The lowest BCUT2D eigenvalue weighted by molar-refractivity contribution is 0.613. The van der Waals surface area contributed by atoms with Crippen LogP contribution in [-0.2, 0) is 0 Å². The first-order valence-electron chi connectivity index (χ1n) is 5.32. The summed E-state index contributed by atoms with van der Waals surface area (Å²) in [6, 6.07) is 8.56. The van der Waals surface area contributed by atoms with E-state index in [2.05, 4.69) is 42.6 Å². The van der Waals surface area contributed by atoms with E-state index in [1.54, 1.807) is 0 Å². The van der Waals surface area contributed by atoms with Crippen molar-refractivity contribution in [1.29, 1.82) is 0 Å². The Morgan fingerprint density at radius 2 is 2.14 bits per heavy atom. The predicted molar refractivity (Wildman–Crippen MR) is 61.3 cm³/mol. The van der Waals surface area contributed by atoms with Crippen LogP contribution in [0.15, 0.2) is 29.8 Å². The third-order valence-corrected chi connectivity index (χ3v) is 2.75. The smallest absolute Gasteiger partial charge is 0.0167 e. The molecule has 1 aromatic rings. The highest BCUT2D eigenvalue weighted by molar-refractivity contribution is 5.56. The minimum absolute atomic E-state index is 1.06. The van der Waals surface area contributed by atoms with Gasteiger partial charge in [-0.15, -0.1) is 0 Å². The van der Waals surface area contributed by atoms with Gasteiger partial charge in [0.25, 0.3) is 0 Å². The molecule has 2 rings (SSSR count). The van der Waals surface area contributed by atoms with E-state index < -0.39 is 0 Å². The van der Waals surface area contributed by atoms with Crippen LogP contribution in [-0.4, -0.2) is 13.1 Å². The van der Waals surface area contributed by atoms with Crippen LogP contribution in [0.25, 0.3) is 6.08 Å². The lowest BCUT2D eigenvalue weighted by atomic mass is 10.0. The molecule has 0 saturated carbocycles. The van der Waals surface area contributed by atoms with Gasteiger partial charge < -0.3 is 5.32 Å². The minimum Gasteiger partial charge on any atom is -0.313 e. The van der Waals surface area contributed by atoms with Gasteiger partial charge in [0.1, 0.15) is 0 Å². The molecule has 0 radical (unpaired) electrons. The Morgan fingerprint density at radius 3 is 2.86 bits per heavy atom. The van der Waals surface area contributed by atoms with Gasteiger partial charge in [0.2, 0.25) is 0 Å². The molecule has 0 amide bonds. The highest BCUT2D eigenvalue weighted by Gasteiger charge is 2.04. The first kappa shape index (κ1) is 9.47. The van der Waals surface area contributed by atoms with Crippen molar-refractivity contribution in [2.75, 3.05) is 13.1 Å². The molecule has 74 valence electrons. The fraction of sp³-hybridized carbons (Fsp3) is 0.385. The SMILES string of the molecule is Cc1ccccc1C=C1CCCNC1.